The van der Waals surface area contributed by atoms with Crippen LogP contribution in [0.15, 0.2) is 0 Å². The van der Waals surface area contributed by atoms with Crippen molar-refractivity contribution in [1.29, 1.82) is 0 Å². The standard InChI is InChI=1S/C14H30N4/c1-11-5-4-6-12(9-11)14(16-15)13-10-17(2)7-8-18(13)3/h11-14,16H,4-10,15H2,1-3H3. The lowest BCUT2D eigenvalue weighted by molar-refractivity contribution is 0.0571. The van der Waals surface area contributed by atoms with E-state index in [0.717, 1.165) is 24.9 Å². The number of piperazine rings is 1. The first kappa shape index (κ1) is 14.3. The van der Waals surface area contributed by atoms with Gasteiger partial charge in [0.1, 0.15) is 0 Å². The maximum absolute atomic E-state index is 5.89. The number of rotatable bonds is 3. The Bertz CT molecular complexity index is 258. The Morgan fingerprint density at radius 1 is 1.22 bits per heavy atom. The summed E-state index contributed by atoms with van der Waals surface area (Å²) >= 11 is 0. The molecule has 2 rings (SSSR count). The van der Waals surface area contributed by atoms with E-state index < -0.39 is 0 Å². The maximum Gasteiger partial charge on any atom is 0.0406 e. The fourth-order valence-corrected chi connectivity index (χ4v) is 3.80. The zero-order chi connectivity index (χ0) is 13.1. The molecule has 2 aliphatic rings. The summed E-state index contributed by atoms with van der Waals surface area (Å²) in [5.74, 6) is 7.51. The van der Waals surface area contributed by atoms with Crippen LogP contribution in [-0.4, -0.2) is 55.6 Å². The molecule has 2 fully saturated rings. The molecule has 4 heteroatoms. The Morgan fingerprint density at radius 2 is 2.00 bits per heavy atom. The molecule has 4 atom stereocenters. The van der Waals surface area contributed by atoms with Crippen LogP contribution in [0.1, 0.15) is 32.6 Å². The molecule has 4 unspecified atom stereocenters. The van der Waals surface area contributed by atoms with Gasteiger partial charge in [-0.25, -0.2) is 0 Å². The summed E-state index contributed by atoms with van der Waals surface area (Å²) in [4.78, 5) is 4.92. The molecular formula is C14H30N4. The minimum absolute atomic E-state index is 0.445. The molecule has 1 saturated carbocycles. The number of hydrogen-bond donors (Lipinski definition) is 2. The molecule has 0 amide bonds. The van der Waals surface area contributed by atoms with Gasteiger partial charge in [-0.2, -0.15) is 0 Å². The molecule has 1 aliphatic heterocycles. The summed E-state index contributed by atoms with van der Waals surface area (Å²) in [6.07, 6.45) is 5.45. The van der Waals surface area contributed by atoms with E-state index in [1.54, 1.807) is 0 Å². The summed E-state index contributed by atoms with van der Waals surface area (Å²) in [6, 6.07) is 1.00. The predicted octanol–water partition coefficient (Wildman–Crippen LogP) is 0.890. The average molecular weight is 254 g/mol. The van der Waals surface area contributed by atoms with E-state index in [0.29, 0.717) is 12.1 Å². The van der Waals surface area contributed by atoms with Gasteiger partial charge in [-0.3, -0.25) is 16.2 Å². The van der Waals surface area contributed by atoms with E-state index in [-0.39, 0.29) is 0 Å². The fourth-order valence-electron chi connectivity index (χ4n) is 3.80. The zero-order valence-electron chi connectivity index (χ0n) is 12.2. The number of nitrogens with one attached hydrogen (secondary N) is 1. The fraction of sp³-hybridized carbons (Fsp3) is 1.00. The average Bonchev–Trinajstić information content (AvgIpc) is 2.35. The third-order valence-corrected chi connectivity index (χ3v) is 4.99. The number of likely N-dealkylation sites (N-methyl/N-ethyl adjacent to an activating group) is 2. The molecule has 0 bridgehead atoms. The van der Waals surface area contributed by atoms with Gasteiger partial charge in [0.05, 0.1) is 0 Å². The van der Waals surface area contributed by atoms with Gasteiger partial charge in [-0.1, -0.05) is 19.8 Å². The number of hydrogen-bond acceptors (Lipinski definition) is 4. The molecule has 1 saturated heterocycles. The lowest BCUT2D eigenvalue weighted by Gasteiger charge is -2.45. The van der Waals surface area contributed by atoms with Crippen molar-refractivity contribution in [2.24, 2.45) is 17.7 Å². The van der Waals surface area contributed by atoms with Crippen LogP contribution < -0.4 is 11.3 Å². The SMILES string of the molecule is CC1CCCC(C(NN)C2CN(C)CCN2C)C1. The van der Waals surface area contributed by atoms with E-state index in [1.807, 2.05) is 0 Å². The summed E-state index contributed by atoms with van der Waals surface area (Å²) < 4.78 is 0. The van der Waals surface area contributed by atoms with Crippen LogP contribution in [0.2, 0.25) is 0 Å². The lowest BCUT2D eigenvalue weighted by atomic mass is 9.76. The molecule has 18 heavy (non-hydrogen) atoms. The summed E-state index contributed by atoms with van der Waals surface area (Å²) in [7, 11) is 4.46. The third-order valence-electron chi connectivity index (χ3n) is 4.99. The van der Waals surface area contributed by atoms with E-state index in [4.69, 9.17) is 5.84 Å². The highest BCUT2D eigenvalue weighted by Gasteiger charge is 2.35. The molecule has 1 aliphatic carbocycles. The molecule has 106 valence electrons. The van der Waals surface area contributed by atoms with Gasteiger partial charge in [0.2, 0.25) is 0 Å². The quantitative estimate of drug-likeness (QED) is 0.580. The molecular weight excluding hydrogens is 224 g/mol. The second-order valence-electron chi connectivity index (χ2n) is 6.53. The molecule has 0 aromatic rings. The highest BCUT2D eigenvalue weighted by molar-refractivity contribution is 4.93. The van der Waals surface area contributed by atoms with Gasteiger partial charge < -0.3 is 4.90 Å². The Balaban J connectivity index is 2.01. The minimum Gasteiger partial charge on any atom is -0.303 e. The molecule has 0 spiro atoms. The van der Waals surface area contributed by atoms with Crippen molar-refractivity contribution >= 4 is 0 Å². The zero-order valence-corrected chi connectivity index (χ0v) is 12.2. The maximum atomic E-state index is 5.89. The van der Waals surface area contributed by atoms with E-state index >= 15 is 0 Å². The molecule has 1 heterocycles. The van der Waals surface area contributed by atoms with Crippen LogP contribution in [0.25, 0.3) is 0 Å². The predicted molar refractivity (Wildman–Crippen MR) is 76.1 cm³/mol. The summed E-state index contributed by atoms with van der Waals surface area (Å²) in [5, 5.41) is 0. The van der Waals surface area contributed by atoms with Crippen molar-refractivity contribution in [3.63, 3.8) is 0 Å². The molecule has 4 nitrogen and oxygen atoms in total. The van der Waals surface area contributed by atoms with Crippen molar-refractivity contribution < 1.29 is 0 Å². The molecule has 0 aromatic heterocycles. The van der Waals surface area contributed by atoms with Crippen LogP contribution in [0.4, 0.5) is 0 Å². The Kier molecular flexibility index (Phi) is 5.01. The van der Waals surface area contributed by atoms with Crippen molar-refractivity contribution in [2.45, 2.75) is 44.7 Å². The Hall–Kier alpha value is -0.160. The highest BCUT2D eigenvalue weighted by Crippen LogP contribution is 2.32. The van der Waals surface area contributed by atoms with Gasteiger partial charge in [-0.15, -0.1) is 0 Å². The van der Waals surface area contributed by atoms with Crippen LogP contribution in [0, 0.1) is 11.8 Å². The lowest BCUT2D eigenvalue weighted by Crippen LogP contribution is -2.62. The Morgan fingerprint density at radius 3 is 2.67 bits per heavy atom. The van der Waals surface area contributed by atoms with Gasteiger partial charge in [0.15, 0.2) is 0 Å². The second kappa shape index (κ2) is 6.33. The van der Waals surface area contributed by atoms with Gasteiger partial charge in [0, 0.05) is 31.7 Å². The second-order valence-corrected chi connectivity index (χ2v) is 6.53. The summed E-state index contributed by atoms with van der Waals surface area (Å²) in [6.45, 7) is 5.85. The van der Waals surface area contributed by atoms with Crippen LogP contribution in [0.3, 0.4) is 0 Å². The monoisotopic (exact) mass is 254 g/mol. The number of nitrogens with two attached hydrogens (primary N) is 1. The third kappa shape index (κ3) is 3.23. The number of hydrazine groups is 1. The Labute approximate surface area is 112 Å². The smallest absolute Gasteiger partial charge is 0.0406 e. The first-order valence-corrected chi connectivity index (χ1v) is 7.46. The number of nitrogens with zero attached hydrogens (tertiary/aromatic N) is 2. The first-order valence-electron chi connectivity index (χ1n) is 7.46. The topological polar surface area (TPSA) is 44.5 Å². The normalized spacial score (nSPS) is 37.7. The highest BCUT2D eigenvalue weighted by atomic mass is 15.3. The van der Waals surface area contributed by atoms with Crippen LogP contribution in [-0.2, 0) is 0 Å². The van der Waals surface area contributed by atoms with Crippen molar-refractivity contribution in [3.8, 4) is 0 Å². The largest absolute Gasteiger partial charge is 0.303 e. The van der Waals surface area contributed by atoms with Crippen LogP contribution >= 0.6 is 0 Å². The van der Waals surface area contributed by atoms with E-state index in [2.05, 4.69) is 36.2 Å². The van der Waals surface area contributed by atoms with E-state index in [1.165, 1.54) is 32.2 Å². The van der Waals surface area contributed by atoms with Crippen molar-refractivity contribution in [1.82, 2.24) is 15.2 Å². The van der Waals surface area contributed by atoms with Crippen molar-refractivity contribution in [2.75, 3.05) is 33.7 Å². The molecule has 0 radical (unpaired) electrons. The van der Waals surface area contributed by atoms with Gasteiger partial charge in [0.25, 0.3) is 0 Å². The minimum atomic E-state index is 0.445. The molecule has 0 aromatic carbocycles. The van der Waals surface area contributed by atoms with Crippen LogP contribution in [0.5, 0.6) is 0 Å². The molecule has 3 N–H and O–H groups in total. The summed E-state index contributed by atoms with van der Waals surface area (Å²) in [5.41, 5.74) is 3.14. The van der Waals surface area contributed by atoms with Gasteiger partial charge in [-0.05, 0) is 38.8 Å². The first-order chi connectivity index (χ1) is 8.61. The van der Waals surface area contributed by atoms with E-state index in [9.17, 15) is 0 Å². The van der Waals surface area contributed by atoms with Crippen molar-refractivity contribution in [3.05, 3.63) is 0 Å². The van der Waals surface area contributed by atoms with Gasteiger partial charge >= 0.3 is 0 Å².